The van der Waals surface area contributed by atoms with Gasteiger partial charge >= 0.3 is 0 Å². The average Bonchev–Trinajstić information content (AvgIpc) is 3.41. The number of halogens is 6. The fraction of sp³-hybridized carbons (Fsp3) is 0.350. The smallest absolute Gasteiger partial charge is 0.267 e. The van der Waals surface area contributed by atoms with Crippen molar-refractivity contribution in [3.05, 3.63) is 69.8 Å². The van der Waals surface area contributed by atoms with Gasteiger partial charge in [-0.3, -0.25) is 4.79 Å². The van der Waals surface area contributed by atoms with E-state index >= 15 is 0 Å². The van der Waals surface area contributed by atoms with Gasteiger partial charge in [0.05, 0.1) is 37.6 Å². The first-order valence-electron chi connectivity index (χ1n) is 8.99. The van der Waals surface area contributed by atoms with E-state index in [1.54, 1.807) is 0 Å². The first kappa shape index (κ1) is 23.2. The van der Waals surface area contributed by atoms with Gasteiger partial charge in [-0.25, -0.2) is 26.3 Å². The van der Waals surface area contributed by atoms with Gasteiger partial charge in [-0.1, -0.05) is 0 Å². The number of alkyl halides is 2. The number of benzene rings is 2. The van der Waals surface area contributed by atoms with E-state index in [-0.39, 0.29) is 29.9 Å². The second kappa shape index (κ2) is 10.2. The second-order valence-corrected chi connectivity index (χ2v) is 6.35. The monoisotopic (exact) mass is 450 g/mol. The molecule has 2 aromatic rings. The Hall–Kier alpha value is -2.47. The molecule has 11 heteroatoms. The third-order valence-electron chi connectivity index (χ3n) is 4.34. The summed E-state index contributed by atoms with van der Waals surface area (Å²) in [5, 5.41) is 0. The molecule has 2 aliphatic heterocycles. The zero-order valence-electron chi connectivity index (χ0n) is 15.8. The number of aldehydes is 1. The Labute approximate surface area is 172 Å². The number of ether oxygens (including phenoxy) is 4. The van der Waals surface area contributed by atoms with Gasteiger partial charge in [0.2, 0.25) is 0 Å². The van der Waals surface area contributed by atoms with E-state index in [1.807, 2.05) is 0 Å². The minimum absolute atomic E-state index is 0.0972. The largest absolute Gasteiger partial charge is 0.346 e. The molecule has 0 bridgehead atoms. The first-order valence-corrected chi connectivity index (χ1v) is 8.99. The summed E-state index contributed by atoms with van der Waals surface area (Å²) in [5.74, 6) is -3.88. The Balaban J connectivity index is 0.000000176. The van der Waals surface area contributed by atoms with Crippen LogP contribution in [0.4, 0.5) is 26.3 Å². The van der Waals surface area contributed by atoms with E-state index in [1.165, 1.54) is 0 Å². The summed E-state index contributed by atoms with van der Waals surface area (Å²) in [5.41, 5.74) is -1.28. The number of carbonyl (C=O) groups is 1. The van der Waals surface area contributed by atoms with Gasteiger partial charge in [-0.15, -0.1) is 0 Å². The van der Waals surface area contributed by atoms with Crippen LogP contribution in [0.5, 0.6) is 0 Å². The molecule has 2 saturated heterocycles. The summed E-state index contributed by atoms with van der Waals surface area (Å²) in [6.07, 6.45) is -4.68. The normalized spacial score (nSPS) is 17.1. The molecular formula is C20H16F6O5. The Morgan fingerprint density at radius 1 is 0.742 bits per heavy atom. The van der Waals surface area contributed by atoms with Crippen molar-refractivity contribution in [3.8, 4) is 0 Å². The van der Waals surface area contributed by atoms with E-state index in [4.69, 9.17) is 18.9 Å². The van der Waals surface area contributed by atoms with Crippen molar-refractivity contribution in [2.75, 3.05) is 26.4 Å². The van der Waals surface area contributed by atoms with Crippen LogP contribution in [0, 0.1) is 23.3 Å². The molecule has 0 aromatic heterocycles. The van der Waals surface area contributed by atoms with Crippen LogP contribution in [-0.2, 0) is 18.9 Å². The summed E-state index contributed by atoms with van der Waals surface area (Å²) in [6, 6.07) is 2.92. The van der Waals surface area contributed by atoms with Crippen molar-refractivity contribution in [3.63, 3.8) is 0 Å². The van der Waals surface area contributed by atoms with Crippen LogP contribution in [0.3, 0.4) is 0 Å². The second-order valence-electron chi connectivity index (χ2n) is 6.35. The van der Waals surface area contributed by atoms with Crippen LogP contribution < -0.4 is 0 Å². The van der Waals surface area contributed by atoms with Gasteiger partial charge in [0.1, 0.15) is 23.3 Å². The molecule has 2 heterocycles. The third-order valence-corrected chi connectivity index (χ3v) is 4.34. The third kappa shape index (κ3) is 5.42. The summed E-state index contributed by atoms with van der Waals surface area (Å²) >= 11 is 0. The molecule has 0 radical (unpaired) electrons. The summed E-state index contributed by atoms with van der Waals surface area (Å²) < 4.78 is 97.5. The van der Waals surface area contributed by atoms with E-state index in [9.17, 15) is 31.1 Å². The standard InChI is InChI=1S/C10H8F4O2.C10H8F2O3/c11-5-3-6(10-15-1-2-16-10)8(9(13)14)7(12)4-5;11-6-3-7(10-14-1-2-15-10)8(5-13)9(12)4-6/h3-4,9-10H,1-2H2;3-5,10H,1-2H2. The predicted molar refractivity (Wildman–Crippen MR) is 92.4 cm³/mol. The van der Waals surface area contributed by atoms with Gasteiger partial charge in [0, 0.05) is 23.3 Å². The minimum atomic E-state index is -3.04. The number of carbonyl (C=O) groups excluding carboxylic acids is 1. The summed E-state index contributed by atoms with van der Waals surface area (Å²) in [4.78, 5) is 10.6. The molecule has 0 aliphatic carbocycles. The highest BCUT2D eigenvalue weighted by atomic mass is 19.3. The van der Waals surface area contributed by atoms with E-state index in [2.05, 4.69) is 0 Å². The average molecular weight is 450 g/mol. The highest BCUT2D eigenvalue weighted by Gasteiger charge is 2.28. The molecule has 0 amide bonds. The lowest BCUT2D eigenvalue weighted by Gasteiger charge is -2.15. The lowest BCUT2D eigenvalue weighted by molar-refractivity contribution is -0.0471. The molecule has 0 saturated carbocycles. The van der Waals surface area contributed by atoms with Gasteiger partial charge in [-0.2, -0.15) is 0 Å². The maximum absolute atomic E-state index is 13.2. The zero-order chi connectivity index (χ0) is 22.5. The number of hydrogen-bond donors (Lipinski definition) is 0. The first-order chi connectivity index (χ1) is 14.8. The predicted octanol–water partition coefficient (Wildman–Crippen LogP) is 4.77. The Morgan fingerprint density at radius 3 is 1.68 bits per heavy atom. The SMILES string of the molecule is Fc1cc(F)c(C(F)F)c(C2OCCO2)c1.O=Cc1c(F)cc(F)cc1C1OCCO1. The lowest BCUT2D eigenvalue weighted by atomic mass is 10.1. The van der Waals surface area contributed by atoms with Crippen molar-refractivity contribution >= 4 is 6.29 Å². The highest BCUT2D eigenvalue weighted by Crippen LogP contribution is 2.34. The van der Waals surface area contributed by atoms with E-state index < -0.39 is 47.8 Å². The van der Waals surface area contributed by atoms with Crippen LogP contribution in [-0.4, -0.2) is 32.7 Å². The molecule has 0 unspecified atom stereocenters. The van der Waals surface area contributed by atoms with Crippen LogP contribution >= 0.6 is 0 Å². The Kier molecular flexibility index (Phi) is 7.65. The van der Waals surface area contributed by atoms with E-state index in [0.717, 1.165) is 12.1 Å². The molecule has 5 nitrogen and oxygen atoms in total. The van der Waals surface area contributed by atoms with Crippen LogP contribution in [0.25, 0.3) is 0 Å². The topological polar surface area (TPSA) is 54.0 Å². The van der Waals surface area contributed by atoms with Crippen molar-refractivity contribution in [1.29, 1.82) is 0 Å². The number of hydrogen-bond acceptors (Lipinski definition) is 5. The molecular weight excluding hydrogens is 434 g/mol. The van der Waals surface area contributed by atoms with Gasteiger partial charge < -0.3 is 18.9 Å². The lowest BCUT2D eigenvalue weighted by Crippen LogP contribution is -2.07. The van der Waals surface area contributed by atoms with Gasteiger partial charge in [0.15, 0.2) is 18.9 Å². The highest BCUT2D eigenvalue weighted by molar-refractivity contribution is 5.77. The molecule has 2 aromatic carbocycles. The fourth-order valence-corrected chi connectivity index (χ4v) is 3.03. The van der Waals surface area contributed by atoms with Crippen molar-refractivity contribution in [1.82, 2.24) is 0 Å². The Bertz CT molecular complexity index is 927. The zero-order valence-corrected chi connectivity index (χ0v) is 15.8. The molecule has 2 aliphatic rings. The van der Waals surface area contributed by atoms with Crippen LogP contribution in [0.1, 0.15) is 46.1 Å². The van der Waals surface area contributed by atoms with Crippen LogP contribution in [0.2, 0.25) is 0 Å². The van der Waals surface area contributed by atoms with Crippen molar-refractivity contribution in [2.24, 2.45) is 0 Å². The summed E-state index contributed by atoms with van der Waals surface area (Å²) in [7, 11) is 0. The molecule has 31 heavy (non-hydrogen) atoms. The molecule has 168 valence electrons. The molecule has 0 N–H and O–H groups in total. The molecule has 2 fully saturated rings. The minimum Gasteiger partial charge on any atom is -0.346 e. The molecule has 4 rings (SSSR count). The summed E-state index contributed by atoms with van der Waals surface area (Å²) in [6.45, 7) is 1.12. The van der Waals surface area contributed by atoms with Gasteiger partial charge in [-0.05, 0) is 12.1 Å². The maximum atomic E-state index is 13.2. The number of rotatable bonds is 4. The van der Waals surface area contributed by atoms with Crippen molar-refractivity contribution in [2.45, 2.75) is 19.0 Å². The Morgan fingerprint density at radius 2 is 1.19 bits per heavy atom. The maximum Gasteiger partial charge on any atom is 0.267 e. The fourth-order valence-electron chi connectivity index (χ4n) is 3.03. The van der Waals surface area contributed by atoms with Crippen LogP contribution in [0.15, 0.2) is 24.3 Å². The molecule has 0 spiro atoms. The molecule has 0 atom stereocenters. The van der Waals surface area contributed by atoms with E-state index in [0.29, 0.717) is 31.6 Å². The van der Waals surface area contributed by atoms with Gasteiger partial charge in [0.25, 0.3) is 6.43 Å². The van der Waals surface area contributed by atoms with Crippen molar-refractivity contribution < 1.29 is 50.1 Å². The quantitative estimate of drug-likeness (QED) is 0.496.